The van der Waals surface area contributed by atoms with Crippen molar-refractivity contribution < 1.29 is 31.1 Å². The second kappa shape index (κ2) is 8.32. The van der Waals surface area contributed by atoms with Crippen molar-refractivity contribution in [3.05, 3.63) is 53.6 Å². The number of sulfonamides is 1. The molecule has 0 aromatic heterocycles. The summed E-state index contributed by atoms with van der Waals surface area (Å²) in [6.45, 7) is 3.09. The zero-order valence-corrected chi connectivity index (χ0v) is 17.1. The number of halogens is 3. The summed E-state index contributed by atoms with van der Waals surface area (Å²) in [7, 11) is -2.56. The molecule has 1 atom stereocenters. The van der Waals surface area contributed by atoms with Crippen LogP contribution >= 0.6 is 0 Å². The first-order valence-corrected chi connectivity index (χ1v) is 10.3. The third kappa shape index (κ3) is 5.41. The van der Waals surface area contributed by atoms with E-state index in [0.29, 0.717) is 0 Å². The molecule has 2 aromatic carbocycles. The molecule has 29 heavy (non-hydrogen) atoms. The molecule has 2 rings (SSSR count). The maximum Gasteiger partial charge on any atom is 0.416 e. The van der Waals surface area contributed by atoms with Crippen molar-refractivity contribution >= 4 is 27.3 Å². The van der Waals surface area contributed by atoms with Gasteiger partial charge in [0.1, 0.15) is 11.8 Å². The van der Waals surface area contributed by atoms with E-state index in [0.717, 1.165) is 34.3 Å². The van der Waals surface area contributed by atoms with Gasteiger partial charge in [0, 0.05) is 5.69 Å². The standard InChI is InChI=1S/C19H21F3N2O4S/c1-12-8-9-17(28-3)16(10-12)24(29(4,26)27)13(2)18(25)23-15-7-5-6-14(11-15)19(20,21)22/h5-11,13H,1-4H3,(H,23,25). The van der Waals surface area contributed by atoms with Gasteiger partial charge in [-0.25, -0.2) is 8.42 Å². The van der Waals surface area contributed by atoms with Crippen molar-refractivity contribution in [1.29, 1.82) is 0 Å². The number of methoxy groups -OCH3 is 1. The van der Waals surface area contributed by atoms with Gasteiger partial charge in [0.05, 0.1) is 24.6 Å². The predicted molar refractivity (Wildman–Crippen MR) is 105 cm³/mol. The minimum absolute atomic E-state index is 0.0960. The van der Waals surface area contributed by atoms with Crippen LogP contribution in [-0.4, -0.2) is 33.7 Å². The minimum atomic E-state index is -4.57. The molecular weight excluding hydrogens is 409 g/mol. The van der Waals surface area contributed by atoms with Gasteiger partial charge in [-0.1, -0.05) is 12.1 Å². The smallest absolute Gasteiger partial charge is 0.416 e. The number of ether oxygens (including phenoxy) is 1. The summed E-state index contributed by atoms with van der Waals surface area (Å²) in [6, 6.07) is 7.68. The lowest BCUT2D eigenvalue weighted by atomic mass is 10.1. The van der Waals surface area contributed by atoms with Gasteiger partial charge in [-0.3, -0.25) is 9.10 Å². The Kier molecular flexibility index (Phi) is 6.46. The average molecular weight is 430 g/mol. The third-order valence-electron chi connectivity index (χ3n) is 4.12. The van der Waals surface area contributed by atoms with Crippen LogP contribution in [0, 0.1) is 6.92 Å². The van der Waals surface area contributed by atoms with Crippen molar-refractivity contribution in [2.75, 3.05) is 23.0 Å². The molecule has 6 nitrogen and oxygen atoms in total. The Bertz CT molecular complexity index is 1010. The van der Waals surface area contributed by atoms with Gasteiger partial charge in [0.15, 0.2) is 0 Å². The number of amides is 1. The number of carbonyl (C=O) groups excluding carboxylic acids is 1. The van der Waals surface area contributed by atoms with Crippen LogP contribution < -0.4 is 14.4 Å². The van der Waals surface area contributed by atoms with Crippen LogP contribution in [0.3, 0.4) is 0 Å². The summed E-state index contributed by atoms with van der Waals surface area (Å²) in [5, 5.41) is 2.34. The van der Waals surface area contributed by atoms with Gasteiger partial charge in [-0.15, -0.1) is 0 Å². The molecule has 1 N–H and O–H groups in total. The van der Waals surface area contributed by atoms with Crippen LogP contribution in [0.15, 0.2) is 42.5 Å². The molecule has 0 radical (unpaired) electrons. The summed E-state index contributed by atoms with van der Waals surface area (Å²) in [5.74, 6) is -0.557. The first-order valence-electron chi connectivity index (χ1n) is 8.46. The number of benzene rings is 2. The van der Waals surface area contributed by atoms with E-state index in [4.69, 9.17) is 4.74 Å². The molecule has 0 saturated heterocycles. The van der Waals surface area contributed by atoms with Crippen molar-refractivity contribution in [3.8, 4) is 5.75 Å². The summed E-state index contributed by atoms with van der Waals surface area (Å²) < 4.78 is 69.6. The highest BCUT2D eigenvalue weighted by Crippen LogP contribution is 2.33. The topological polar surface area (TPSA) is 75.7 Å². The Hall–Kier alpha value is -2.75. The van der Waals surface area contributed by atoms with Gasteiger partial charge in [0.2, 0.25) is 15.9 Å². The largest absolute Gasteiger partial charge is 0.495 e. The molecule has 1 unspecified atom stereocenters. The van der Waals surface area contributed by atoms with Crippen molar-refractivity contribution in [1.82, 2.24) is 0 Å². The first-order chi connectivity index (χ1) is 13.3. The van der Waals surface area contributed by atoms with E-state index in [9.17, 15) is 26.4 Å². The fourth-order valence-corrected chi connectivity index (χ4v) is 3.94. The van der Waals surface area contributed by atoms with Crippen molar-refractivity contribution in [2.24, 2.45) is 0 Å². The van der Waals surface area contributed by atoms with Crippen LogP contribution in [0.2, 0.25) is 0 Å². The quantitative estimate of drug-likeness (QED) is 0.756. The van der Waals surface area contributed by atoms with E-state index in [1.807, 2.05) is 0 Å². The molecule has 0 aliphatic carbocycles. The average Bonchev–Trinajstić information content (AvgIpc) is 2.60. The number of nitrogens with one attached hydrogen (secondary N) is 1. The number of rotatable bonds is 6. The highest BCUT2D eigenvalue weighted by molar-refractivity contribution is 7.92. The first kappa shape index (κ1) is 22.5. The van der Waals surface area contributed by atoms with Gasteiger partial charge in [-0.05, 0) is 49.7 Å². The van der Waals surface area contributed by atoms with E-state index >= 15 is 0 Å². The van der Waals surface area contributed by atoms with E-state index < -0.39 is 33.7 Å². The molecule has 0 heterocycles. The molecule has 0 bridgehead atoms. The van der Waals surface area contributed by atoms with Gasteiger partial charge < -0.3 is 10.1 Å². The lowest BCUT2D eigenvalue weighted by Gasteiger charge is -2.29. The molecule has 0 aliphatic rings. The summed E-state index contributed by atoms with van der Waals surface area (Å²) >= 11 is 0. The zero-order chi connectivity index (χ0) is 22.0. The molecule has 158 valence electrons. The SMILES string of the molecule is COc1ccc(C)cc1N(C(C)C(=O)Nc1cccc(C(F)(F)F)c1)S(C)(=O)=O. The molecule has 0 saturated carbocycles. The third-order valence-corrected chi connectivity index (χ3v) is 5.35. The van der Waals surface area contributed by atoms with Gasteiger partial charge in [0.25, 0.3) is 0 Å². The number of carbonyl (C=O) groups is 1. The van der Waals surface area contributed by atoms with Crippen LogP contribution in [0.1, 0.15) is 18.1 Å². The van der Waals surface area contributed by atoms with E-state index in [2.05, 4.69) is 5.32 Å². The lowest BCUT2D eigenvalue weighted by Crippen LogP contribution is -2.45. The Balaban J connectivity index is 2.40. The second-order valence-corrected chi connectivity index (χ2v) is 8.34. The summed E-state index contributed by atoms with van der Waals surface area (Å²) in [5.41, 5.74) is -0.133. The molecular formula is C19H21F3N2O4S. The van der Waals surface area contributed by atoms with E-state index in [1.54, 1.807) is 25.1 Å². The number of hydrogen-bond acceptors (Lipinski definition) is 4. The predicted octanol–water partition coefficient (Wildman–Crippen LogP) is 3.82. The Labute approximate surface area is 167 Å². The fraction of sp³-hybridized carbons (Fsp3) is 0.316. The number of hydrogen-bond donors (Lipinski definition) is 1. The Morgan fingerprint density at radius 2 is 1.83 bits per heavy atom. The number of nitrogens with zero attached hydrogens (tertiary/aromatic N) is 1. The van der Waals surface area contributed by atoms with Gasteiger partial charge >= 0.3 is 6.18 Å². The van der Waals surface area contributed by atoms with Crippen molar-refractivity contribution in [3.63, 3.8) is 0 Å². The minimum Gasteiger partial charge on any atom is -0.495 e. The fourth-order valence-electron chi connectivity index (χ4n) is 2.77. The monoisotopic (exact) mass is 430 g/mol. The molecule has 0 aliphatic heterocycles. The van der Waals surface area contributed by atoms with Crippen molar-refractivity contribution in [2.45, 2.75) is 26.1 Å². The highest BCUT2D eigenvalue weighted by atomic mass is 32.2. The maximum absolute atomic E-state index is 12.9. The molecule has 0 fully saturated rings. The van der Waals surface area contributed by atoms with Crippen LogP contribution in [0.4, 0.5) is 24.5 Å². The number of anilines is 2. The summed E-state index contributed by atoms with van der Waals surface area (Å²) in [4.78, 5) is 12.7. The summed E-state index contributed by atoms with van der Waals surface area (Å²) in [6.07, 6.45) is -3.64. The molecule has 1 amide bonds. The Morgan fingerprint density at radius 3 is 2.38 bits per heavy atom. The molecule has 0 spiro atoms. The zero-order valence-electron chi connectivity index (χ0n) is 16.2. The molecule has 10 heteroatoms. The van der Waals surface area contributed by atoms with Gasteiger partial charge in [-0.2, -0.15) is 13.2 Å². The highest BCUT2D eigenvalue weighted by Gasteiger charge is 2.33. The number of aryl methyl sites for hydroxylation is 1. The van der Waals surface area contributed by atoms with Crippen LogP contribution in [-0.2, 0) is 21.0 Å². The maximum atomic E-state index is 12.9. The normalized spacial score (nSPS) is 12.9. The van der Waals surface area contributed by atoms with Crippen LogP contribution in [0.5, 0.6) is 5.75 Å². The molecule has 2 aromatic rings. The van der Waals surface area contributed by atoms with Crippen LogP contribution in [0.25, 0.3) is 0 Å². The lowest BCUT2D eigenvalue weighted by molar-refractivity contribution is -0.137. The number of alkyl halides is 3. The Morgan fingerprint density at radius 1 is 1.17 bits per heavy atom. The van der Waals surface area contributed by atoms with E-state index in [-0.39, 0.29) is 17.1 Å². The van der Waals surface area contributed by atoms with E-state index in [1.165, 1.54) is 20.1 Å². The second-order valence-electron chi connectivity index (χ2n) is 6.48.